The highest BCUT2D eigenvalue weighted by Gasteiger charge is 2.25. The predicted molar refractivity (Wildman–Crippen MR) is 104 cm³/mol. The number of fused-ring (bicyclic) bond motifs is 1. The van der Waals surface area contributed by atoms with E-state index in [-0.39, 0.29) is 17.9 Å². The van der Waals surface area contributed by atoms with E-state index in [1.807, 2.05) is 0 Å². The summed E-state index contributed by atoms with van der Waals surface area (Å²) in [4.78, 5) is 49.3. The minimum atomic E-state index is -0.705. The van der Waals surface area contributed by atoms with Crippen LogP contribution in [0.25, 0.3) is 10.9 Å². The molecule has 0 bridgehead atoms. The fraction of sp³-hybridized carbons (Fsp3) is 0.316. The summed E-state index contributed by atoms with van der Waals surface area (Å²) in [5, 5.41) is 2.85. The molecule has 9 heteroatoms. The first-order valence-corrected chi connectivity index (χ1v) is 9.82. The maximum atomic E-state index is 12.3. The summed E-state index contributed by atoms with van der Waals surface area (Å²) in [5.74, 6) is -0.130. The molecule has 1 N–H and O–H groups in total. The van der Waals surface area contributed by atoms with Gasteiger partial charge in [0.1, 0.15) is 0 Å². The van der Waals surface area contributed by atoms with Gasteiger partial charge < -0.3 is 9.72 Å². The molecule has 1 aliphatic heterocycles. The lowest BCUT2D eigenvalue weighted by atomic mass is 10.2. The van der Waals surface area contributed by atoms with Crippen LogP contribution in [0.4, 0.5) is 5.13 Å². The number of ether oxygens (including phenoxy) is 1. The number of nitrogens with one attached hydrogen (secondary N) is 1. The van der Waals surface area contributed by atoms with Gasteiger partial charge in [0.05, 0.1) is 23.0 Å². The summed E-state index contributed by atoms with van der Waals surface area (Å²) < 4.78 is 5.41. The minimum absolute atomic E-state index is 0.0132. The normalized spacial score (nSPS) is 15.2. The number of carbonyl (C=O) groups excluding carboxylic acids is 2. The van der Waals surface area contributed by atoms with Crippen molar-refractivity contribution >= 4 is 39.2 Å². The van der Waals surface area contributed by atoms with E-state index in [4.69, 9.17) is 4.74 Å². The van der Waals surface area contributed by atoms with Crippen molar-refractivity contribution < 1.29 is 14.3 Å². The number of amides is 1. The van der Waals surface area contributed by atoms with Gasteiger partial charge in [0.15, 0.2) is 17.1 Å². The van der Waals surface area contributed by atoms with Crippen LogP contribution in [0.1, 0.15) is 37.4 Å². The molecule has 2 aromatic heterocycles. The van der Waals surface area contributed by atoms with Crippen LogP contribution in [-0.2, 0) is 20.7 Å². The number of H-pyrrole nitrogens is 1. The van der Waals surface area contributed by atoms with Crippen molar-refractivity contribution in [1.29, 1.82) is 0 Å². The smallest absolute Gasteiger partial charge is 0.312 e. The summed E-state index contributed by atoms with van der Waals surface area (Å²) in [7, 11) is 0. The van der Waals surface area contributed by atoms with Crippen molar-refractivity contribution in [2.75, 3.05) is 11.4 Å². The van der Waals surface area contributed by atoms with Gasteiger partial charge in [-0.05, 0) is 25.5 Å². The molecule has 1 saturated heterocycles. The maximum absolute atomic E-state index is 12.3. The Labute approximate surface area is 164 Å². The number of carbonyl (C=O) groups is 2. The Morgan fingerprint density at radius 1 is 1.32 bits per heavy atom. The molecule has 144 valence electrons. The second-order valence-corrected chi connectivity index (χ2v) is 7.38. The van der Waals surface area contributed by atoms with Gasteiger partial charge in [0, 0.05) is 18.3 Å². The first kappa shape index (κ1) is 18.3. The van der Waals surface area contributed by atoms with Gasteiger partial charge in [-0.3, -0.25) is 19.3 Å². The molecule has 8 nitrogen and oxygen atoms in total. The molecule has 4 rings (SSSR count). The number of benzene rings is 1. The number of hydrogen-bond acceptors (Lipinski definition) is 7. The molecule has 1 atom stereocenters. The fourth-order valence-electron chi connectivity index (χ4n) is 3.09. The van der Waals surface area contributed by atoms with Gasteiger partial charge in [-0.2, -0.15) is 0 Å². The number of hydrogen-bond donors (Lipinski definition) is 1. The number of thiazole rings is 1. The van der Waals surface area contributed by atoms with Gasteiger partial charge in [0.25, 0.3) is 5.56 Å². The number of nitrogens with zero attached hydrogens (tertiary/aromatic N) is 3. The highest BCUT2D eigenvalue weighted by Crippen LogP contribution is 2.25. The Morgan fingerprint density at radius 2 is 2.14 bits per heavy atom. The standard InChI is InChI=1S/C19H18N4O4S/c1-11(17-21-14-6-3-2-5-13(14)18(26)22-17)27-16(25)9-12-10-28-19(20-12)23-8-4-7-15(23)24/h2-3,5-6,10-11H,4,7-9H2,1H3,(H,21,22,26)/t11-/m0/s1. The fourth-order valence-corrected chi connectivity index (χ4v) is 3.96. The number of anilines is 1. The molecule has 0 saturated carbocycles. The predicted octanol–water partition coefficient (Wildman–Crippen LogP) is 2.35. The maximum Gasteiger partial charge on any atom is 0.312 e. The van der Waals surface area contributed by atoms with Crippen LogP contribution < -0.4 is 10.5 Å². The summed E-state index contributed by atoms with van der Waals surface area (Å²) in [5.41, 5.74) is 0.823. The molecule has 1 aliphatic rings. The van der Waals surface area contributed by atoms with Crippen LogP contribution in [0.3, 0.4) is 0 Å². The zero-order valence-corrected chi connectivity index (χ0v) is 16.0. The van der Waals surface area contributed by atoms with E-state index in [0.717, 1.165) is 6.42 Å². The molecule has 3 aromatic rings. The zero-order chi connectivity index (χ0) is 19.7. The Bertz CT molecular complexity index is 1110. The van der Waals surface area contributed by atoms with E-state index >= 15 is 0 Å². The van der Waals surface area contributed by atoms with E-state index in [9.17, 15) is 14.4 Å². The SMILES string of the molecule is C[C@H](OC(=O)Cc1csc(N2CCCC2=O)n1)c1nc2ccccc2c(=O)[nH]1. The number of aromatic amines is 1. The van der Waals surface area contributed by atoms with Crippen LogP contribution in [0.15, 0.2) is 34.4 Å². The molecule has 3 heterocycles. The molecule has 0 aliphatic carbocycles. The van der Waals surface area contributed by atoms with E-state index in [0.29, 0.717) is 40.5 Å². The molecule has 1 fully saturated rings. The Balaban J connectivity index is 1.43. The third kappa shape index (κ3) is 3.65. The van der Waals surface area contributed by atoms with Crippen molar-refractivity contribution in [2.24, 2.45) is 0 Å². The quantitative estimate of drug-likeness (QED) is 0.662. The first-order chi connectivity index (χ1) is 13.5. The third-order valence-electron chi connectivity index (χ3n) is 4.49. The van der Waals surface area contributed by atoms with Crippen LogP contribution in [-0.4, -0.2) is 33.4 Å². The highest BCUT2D eigenvalue weighted by molar-refractivity contribution is 7.14. The molecule has 0 unspecified atom stereocenters. The Morgan fingerprint density at radius 3 is 2.93 bits per heavy atom. The summed E-state index contributed by atoms with van der Waals surface area (Å²) >= 11 is 1.34. The molecule has 0 spiro atoms. The molecule has 1 amide bonds. The largest absolute Gasteiger partial charge is 0.454 e. The van der Waals surface area contributed by atoms with Gasteiger partial charge in [0.2, 0.25) is 5.91 Å². The van der Waals surface area contributed by atoms with Crippen molar-refractivity contribution in [3.63, 3.8) is 0 Å². The van der Waals surface area contributed by atoms with Gasteiger partial charge in [-0.25, -0.2) is 9.97 Å². The number of aromatic nitrogens is 3. The van der Waals surface area contributed by atoms with Crippen molar-refractivity contribution in [3.8, 4) is 0 Å². The number of para-hydroxylation sites is 1. The molecular formula is C19H18N4O4S. The summed E-state index contributed by atoms with van der Waals surface area (Å²) in [6.45, 7) is 2.31. The lowest BCUT2D eigenvalue weighted by Crippen LogP contribution is -2.23. The number of esters is 1. The van der Waals surface area contributed by atoms with E-state index in [1.165, 1.54) is 11.3 Å². The van der Waals surface area contributed by atoms with Gasteiger partial charge >= 0.3 is 5.97 Å². The van der Waals surface area contributed by atoms with Crippen LogP contribution in [0.2, 0.25) is 0 Å². The average molecular weight is 398 g/mol. The van der Waals surface area contributed by atoms with Crippen molar-refractivity contribution in [1.82, 2.24) is 15.0 Å². The topological polar surface area (TPSA) is 105 Å². The highest BCUT2D eigenvalue weighted by atomic mass is 32.1. The van der Waals surface area contributed by atoms with E-state index in [2.05, 4.69) is 15.0 Å². The van der Waals surface area contributed by atoms with Gasteiger partial charge in [-0.15, -0.1) is 11.3 Å². The van der Waals surface area contributed by atoms with Crippen molar-refractivity contribution in [2.45, 2.75) is 32.3 Å². The van der Waals surface area contributed by atoms with E-state index < -0.39 is 12.1 Å². The lowest BCUT2D eigenvalue weighted by Gasteiger charge is -2.13. The second-order valence-electron chi connectivity index (χ2n) is 6.55. The van der Waals surface area contributed by atoms with E-state index in [1.54, 1.807) is 41.5 Å². The first-order valence-electron chi connectivity index (χ1n) is 8.94. The minimum Gasteiger partial charge on any atom is -0.454 e. The third-order valence-corrected chi connectivity index (χ3v) is 5.41. The van der Waals surface area contributed by atoms with Gasteiger partial charge in [-0.1, -0.05) is 12.1 Å². The second kappa shape index (κ2) is 7.51. The molecular weight excluding hydrogens is 380 g/mol. The molecule has 1 aromatic carbocycles. The summed E-state index contributed by atoms with van der Waals surface area (Å²) in [6, 6.07) is 6.98. The summed E-state index contributed by atoms with van der Waals surface area (Å²) in [6.07, 6.45) is 0.638. The zero-order valence-electron chi connectivity index (χ0n) is 15.2. The Kier molecular flexibility index (Phi) is 4.91. The Hall–Kier alpha value is -3.07. The lowest BCUT2D eigenvalue weighted by molar-refractivity contribution is -0.148. The average Bonchev–Trinajstić information content (AvgIpc) is 3.30. The number of rotatable bonds is 5. The van der Waals surface area contributed by atoms with Crippen LogP contribution in [0.5, 0.6) is 0 Å². The van der Waals surface area contributed by atoms with Crippen LogP contribution in [0, 0.1) is 0 Å². The molecule has 28 heavy (non-hydrogen) atoms. The van der Waals surface area contributed by atoms with Crippen molar-refractivity contribution in [3.05, 3.63) is 51.5 Å². The molecule has 0 radical (unpaired) electrons. The van der Waals surface area contributed by atoms with Crippen LogP contribution >= 0.6 is 11.3 Å². The monoisotopic (exact) mass is 398 g/mol.